The topological polar surface area (TPSA) is 109 Å². The maximum Gasteiger partial charge on any atom is 0.235 e. The predicted molar refractivity (Wildman–Crippen MR) is 125 cm³/mol. The van der Waals surface area contributed by atoms with E-state index in [4.69, 9.17) is 22.0 Å². The Morgan fingerprint density at radius 3 is 2.84 bits per heavy atom. The van der Waals surface area contributed by atoms with Crippen molar-refractivity contribution in [1.29, 1.82) is 5.26 Å². The second kappa shape index (κ2) is 11.0. The standard InChI is InChI=1S/C23H26N6O2S/c1-4-17-18(12-24)23(32-20(21(25)30)15-8-6-5-7-9-15)28-22(19(17)27-3)29-10-11-31-16(14-29)13-26-2/h5-9,16,20,26H,4,10-11,13-14H2,1-2H3,(H2,25,30). The summed E-state index contributed by atoms with van der Waals surface area (Å²) in [5.41, 5.74) is 7.81. The molecule has 0 spiro atoms. The van der Waals surface area contributed by atoms with Gasteiger partial charge >= 0.3 is 0 Å². The lowest BCUT2D eigenvalue weighted by Gasteiger charge is -2.35. The van der Waals surface area contributed by atoms with Gasteiger partial charge in [-0.05, 0) is 24.6 Å². The number of carbonyl (C=O) groups excluding carboxylic acids is 1. The molecule has 1 amide bonds. The molecule has 2 heterocycles. The summed E-state index contributed by atoms with van der Waals surface area (Å²) in [5.74, 6) is 0.0141. The molecule has 0 radical (unpaired) electrons. The molecule has 0 bridgehead atoms. The number of thioether (sulfide) groups is 1. The quantitative estimate of drug-likeness (QED) is 0.470. The van der Waals surface area contributed by atoms with Crippen molar-refractivity contribution in [3.63, 3.8) is 0 Å². The van der Waals surface area contributed by atoms with Crippen molar-refractivity contribution < 1.29 is 9.53 Å². The highest BCUT2D eigenvalue weighted by molar-refractivity contribution is 8.00. The molecule has 2 unspecified atom stereocenters. The summed E-state index contributed by atoms with van der Waals surface area (Å²) in [6.07, 6.45) is 0.467. The summed E-state index contributed by atoms with van der Waals surface area (Å²) in [5, 5.41) is 12.8. The zero-order chi connectivity index (χ0) is 23.1. The SMILES string of the molecule is [C-]#[N+]c1c(N2CCOC(CNC)C2)nc(SC(C(N)=O)c2ccccc2)c(C#N)c1CC. The monoisotopic (exact) mass is 450 g/mol. The van der Waals surface area contributed by atoms with Crippen LogP contribution < -0.4 is 16.0 Å². The average molecular weight is 451 g/mol. The number of aromatic nitrogens is 1. The normalized spacial score (nSPS) is 16.8. The second-order valence-electron chi connectivity index (χ2n) is 7.33. The van der Waals surface area contributed by atoms with Crippen LogP contribution in [0.25, 0.3) is 4.85 Å². The highest BCUT2D eigenvalue weighted by atomic mass is 32.2. The third-order valence-corrected chi connectivity index (χ3v) is 6.52. The molecule has 1 aromatic carbocycles. The Kier molecular flexibility index (Phi) is 8.07. The van der Waals surface area contributed by atoms with E-state index in [1.165, 1.54) is 0 Å². The van der Waals surface area contributed by atoms with Crippen molar-refractivity contribution in [2.75, 3.05) is 38.2 Å². The Morgan fingerprint density at radius 2 is 2.25 bits per heavy atom. The lowest BCUT2D eigenvalue weighted by atomic mass is 10.1. The van der Waals surface area contributed by atoms with E-state index in [-0.39, 0.29) is 6.10 Å². The van der Waals surface area contributed by atoms with Gasteiger partial charge in [0, 0.05) is 19.6 Å². The third-order valence-electron chi connectivity index (χ3n) is 5.26. The van der Waals surface area contributed by atoms with Crippen LogP contribution in [0, 0.1) is 17.9 Å². The molecule has 32 heavy (non-hydrogen) atoms. The minimum absolute atomic E-state index is 0.0337. The maximum absolute atomic E-state index is 12.3. The smallest absolute Gasteiger partial charge is 0.235 e. The Labute approximate surface area is 192 Å². The molecular weight excluding hydrogens is 424 g/mol. The first-order valence-electron chi connectivity index (χ1n) is 10.4. The molecule has 8 nitrogen and oxygen atoms in total. The molecule has 0 saturated carbocycles. The molecular formula is C23H26N6O2S. The van der Waals surface area contributed by atoms with Gasteiger partial charge < -0.3 is 20.7 Å². The first kappa shape index (κ1) is 23.6. The summed E-state index contributed by atoms with van der Waals surface area (Å²) >= 11 is 1.16. The first-order chi connectivity index (χ1) is 15.5. The number of primary amides is 1. The molecule has 9 heteroatoms. The van der Waals surface area contributed by atoms with Gasteiger partial charge in [-0.3, -0.25) is 4.79 Å². The van der Waals surface area contributed by atoms with E-state index in [1.54, 1.807) is 0 Å². The molecule has 1 saturated heterocycles. The number of hydrogen-bond acceptors (Lipinski definition) is 7. The number of pyridine rings is 1. The van der Waals surface area contributed by atoms with Gasteiger partial charge in [-0.2, -0.15) is 5.26 Å². The number of amides is 1. The molecule has 1 aromatic heterocycles. The number of hydrogen-bond donors (Lipinski definition) is 2. The summed E-state index contributed by atoms with van der Waals surface area (Å²) in [6.45, 7) is 12.1. The largest absolute Gasteiger partial charge is 0.373 e. The van der Waals surface area contributed by atoms with Crippen LogP contribution in [-0.2, 0) is 16.0 Å². The van der Waals surface area contributed by atoms with Crippen molar-refractivity contribution in [3.8, 4) is 6.07 Å². The number of nitrogens with one attached hydrogen (secondary N) is 1. The van der Waals surface area contributed by atoms with Gasteiger partial charge in [0.05, 0.1) is 24.8 Å². The number of ether oxygens (including phenoxy) is 1. The summed E-state index contributed by atoms with van der Waals surface area (Å²) in [4.78, 5) is 22.8. The minimum atomic E-state index is -0.700. The maximum atomic E-state index is 12.3. The van der Waals surface area contributed by atoms with E-state index in [0.29, 0.717) is 60.3 Å². The Bertz CT molecular complexity index is 1050. The first-order valence-corrected chi connectivity index (χ1v) is 11.3. The van der Waals surface area contributed by atoms with Gasteiger partial charge in [0.15, 0.2) is 0 Å². The summed E-state index contributed by atoms with van der Waals surface area (Å²) < 4.78 is 5.80. The van der Waals surface area contributed by atoms with E-state index in [0.717, 1.165) is 17.3 Å². The number of likely N-dealkylation sites (N-methyl/N-ethyl adjacent to an activating group) is 1. The number of rotatable bonds is 8. The zero-order valence-electron chi connectivity index (χ0n) is 18.2. The molecule has 1 fully saturated rings. The van der Waals surface area contributed by atoms with Gasteiger partial charge in [-0.15, -0.1) is 0 Å². The van der Waals surface area contributed by atoms with Crippen molar-refractivity contribution in [1.82, 2.24) is 10.3 Å². The van der Waals surface area contributed by atoms with Crippen LogP contribution in [0.3, 0.4) is 0 Å². The highest BCUT2D eigenvalue weighted by Crippen LogP contribution is 2.42. The van der Waals surface area contributed by atoms with Crippen LogP contribution in [0.4, 0.5) is 11.5 Å². The molecule has 0 aliphatic carbocycles. The van der Waals surface area contributed by atoms with Crippen molar-refractivity contribution in [2.24, 2.45) is 5.73 Å². The number of nitriles is 1. The molecule has 2 atom stereocenters. The summed E-state index contributed by atoms with van der Waals surface area (Å²) in [7, 11) is 1.87. The number of nitrogens with two attached hydrogens (primary N) is 1. The van der Waals surface area contributed by atoms with Crippen LogP contribution in [0.5, 0.6) is 0 Å². The van der Waals surface area contributed by atoms with Crippen LogP contribution >= 0.6 is 11.8 Å². The van der Waals surface area contributed by atoms with Gasteiger partial charge in [-0.25, -0.2) is 9.83 Å². The van der Waals surface area contributed by atoms with E-state index in [1.807, 2.05) is 49.2 Å². The molecule has 3 rings (SSSR count). The molecule has 2 aromatic rings. The molecule has 166 valence electrons. The molecule has 1 aliphatic rings. The van der Waals surface area contributed by atoms with Crippen LogP contribution in [0.2, 0.25) is 0 Å². The van der Waals surface area contributed by atoms with Crippen molar-refractivity contribution in [3.05, 3.63) is 58.4 Å². The van der Waals surface area contributed by atoms with Gasteiger partial charge in [-0.1, -0.05) is 49.0 Å². The van der Waals surface area contributed by atoms with Gasteiger partial charge in [0.1, 0.15) is 22.2 Å². The lowest BCUT2D eigenvalue weighted by Crippen LogP contribution is -2.46. The van der Waals surface area contributed by atoms with Crippen LogP contribution in [0.1, 0.15) is 28.9 Å². The highest BCUT2D eigenvalue weighted by Gasteiger charge is 2.29. The van der Waals surface area contributed by atoms with Gasteiger partial charge in [0.25, 0.3) is 0 Å². The third kappa shape index (κ3) is 5.03. The van der Waals surface area contributed by atoms with E-state index < -0.39 is 11.2 Å². The molecule has 1 aliphatic heterocycles. The average Bonchev–Trinajstić information content (AvgIpc) is 2.82. The molecule has 3 N–H and O–H groups in total. The van der Waals surface area contributed by atoms with Crippen LogP contribution in [-0.4, -0.2) is 50.3 Å². The predicted octanol–water partition coefficient (Wildman–Crippen LogP) is 2.81. The number of benzene rings is 1. The van der Waals surface area contributed by atoms with E-state index in [9.17, 15) is 10.1 Å². The van der Waals surface area contributed by atoms with Crippen LogP contribution in [0.15, 0.2) is 35.4 Å². The Morgan fingerprint density at radius 1 is 1.50 bits per heavy atom. The number of nitrogens with zero attached hydrogens (tertiary/aromatic N) is 4. The zero-order valence-corrected chi connectivity index (χ0v) is 19.0. The van der Waals surface area contributed by atoms with E-state index in [2.05, 4.69) is 16.2 Å². The Hall–Kier alpha value is -3.11. The van der Waals surface area contributed by atoms with E-state index >= 15 is 0 Å². The number of anilines is 1. The van der Waals surface area contributed by atoms with Gasteiger partial charge in [0.2, 0.25) is 11.6 Å². The fraction of sp³-hybridized carbons (Fsp3) is 0.391. The minimum Gasteiger partial charge on any atom is -0.373 e. The van der Waals surface area contributed by atoms with Crippen molar-refractivity contribution >= 4 is 29.2 Å². The number of morpholine rings is 1. The lowest BCUT2D eigenvalue weighted by molar-refractivity contribution is -0.117. The summed E-state index contributed by atoms with van der Waals surface area (Å²) in [6, 6.07) is 11.4. The fourth-order valence-electron chi connectivity index (χ4n) is 3.76. The Balaban J connectivity index is 2.10. The van der Waals surface area contributed by atoms with Crippen molar-refractivity contribution in [2.45, 2.75) is 29.7 Å². The fourth-order valence-corrected chi connectivity index (χ4v) is 4.82. The number of carbonyl (C=O) groups is 1. The second-order valence-corrected chi connectivity index (χ2v) is 8.42.